The Morgan fingerprint density at radius 3 is 2.61 bits per heavy atom. The molecule has 1 fully saturated rings. The summed E-state index contributed by atoms with van der Waals surface area (Å²) in [7, 11) is 0. The highest BCUT2D eigenvalue weighted by atomic mass is 35.5. The maximum Gasteiger partial charge on any atom is 0.337 e. The number of carboxylic acid groups (broad SMARTS) is 1. The first kappa shape index (κ1) is 25.4. The number of ether oxygens (including phenoxy) is 1. The molecule has 0 aliphatic carbocycles. The van der Waals surface area contributed by atoms with Crippen LogP contribution in [0.2, 0.25) is 4.34 Å². The molecular weight excluding hydrogens is 506 g/mol. The molecule has 11 heteroatoms. The van der Waals surface area contributed by atoms with E-state index in [-0.39, 0.29) is 36.2 Å². The number of morpholine rings is 1. The number of thiophene rings is 1. The second-order valence-electron chi connectivity index (χ2n) is 7.98. The number of benzene rings is 2. The van der Waals surface area contributed by atoms with Gasteiger partial charge in [0, 0.05) is 24.3 Å². The second kappa shape index (κ2) is 10.9. The number of hydrogen-bond acceptors (Lipinski definition) is 6. The summed E-state index contributed by atoms with van der Waals surface area (Å²) < 4.78 is 5.64. The van der Waals surface area contributed by atoms with Gasteiger partial charge in [0.1, 0.15) is 6.61 Å². The van der Waals surface area contributed by atoms with Crippen LogP contribution in [-0.2, 0) is 16.1 Å². The highest BCUT2D eigenvalue weighted by Gasteiger charge is 2.23. The standard InChI is InChI=1S/C25H22ClN3O6S/c1-14-11-15(5-6-18(14)29-9-10-35-13-21(29)30)23(31)28-22-16(3-2-4-17(22)25(33)34)12-27-24(32)19-7-8-20(26)36-19/h2-8,11H,9-10,12-13H2,1H3,(H,27,32)(H,28,31)(H,33,34). The SMILES string of the molecule is Cc1cc(C(=O)Nc2c(CNC(=O)c3ccc(Cl)s3)cccc2C(=O)O)ccc1N1CCOCC1=O. The van der Waals surface area contributed by atoms with Gasteiger partial charge in [0.25, 0.3) is 17.7 Å². The number of carboxylic acids is 1. The molecule has 36 heavy (non-hydrogen) atoms. The van der Waals surface area contributed by atoms with Gasteiger partial charge in [-0.3, -0.25) is 14.4 Å². The third-order valence-corrected chi connectivity index (χ3v) is 6.82. The Kier molecular flexibility index (Phi) is 7.68. The number of anilines is 2. The third-order valence-electron chi connectivity index (χ3n) is 5.59. The Labute approximate surface area is 215 Å². The van der Waals surface area contributed by atoms with Gasteiger partial charge in [0.05, 0.1) is 27.1 Å². The summed E-state index contributed by atoms with van der Waals surface area (Å²) in [6, 6.07) is 12.6. The largest absolute Gasteiger partial charge is 0.478 e. The van der Waals surface area contributed by atoms with Crippen molar-refractivity contribution in [3.05, 3.63) is 80.0 Å². The molecule has 1 aromatic heterocycles. The van der Waals surface area contributed by atoms with Crippen LogP contribution in [0.25, 0.3) is 0 Å². The molecule has 186 valence electrons. The van der Waals surface area contributed by atoms with E-state index in [0.29, 0.717) is 44.7 Å². The number of nitrogens with one attached hydrogen (secondary N) is 2. The summed E-state index contributed by atoms with van der Waals surface area (Å²) in [6.07, 6.45) is 0. The van der Waals surface area contributed by atoms with Crippen LogP contribution in [0.4, 0.5) is 11.4 Å². The van der Waals surface area contributed by atoms with Gasteiger partial charge in [-0.25, -0.2) is 4.79 Å². The normalized spacial score (nSPS) is 13.4. The Morgan fingerprint density at radius 2 is 1.94 bits per heavy atom. The van der Waals surface area contributed by atoms with Crippen molar-refractivity contribution < 1.29 is 29.0 Å². The first-order valence-corrected chi connectivity index (χ1v) is 12.1. The lowest BCUT2D eigenvalue weighted by Crippen LogP contribution is -2.42. The average molecular weight is 528 g/mol. The van der Waals surface area contributed by atoms with Gasteiger partial charge in [-0.2, -0.15) is 0 Å². The third kappa shape index (κ3) is 5.56. The van der Waals surface area contributed by atoms with E-state index in [9.17, 15) is 24.3 Å². The lowest BCUT2D eigenvalue weighted by atomic mass is 10.0. The van der Waals surface area contributed by atoms with E-state index in [1.54, 1.807) is 54.3 Å². The maximum atomic E-state index is 13.1. The fourth-order valence-corrected chi connectivity index (χ4v) is 4.79. The van der Waals surface area contributed by atoms with Gasteiger partial charge in [-0.05, 0) is 54.4 Å². The predicted octanol–water partition coefficient (Wildman–Crippen LogP) is 3.95. The van der Waals surface area contributed by atoms with Crippen LogP contribution in [0.1, 0.15) is 41.5 Å². The molecule has 4 rings (SSSR count). The van der Waals surface area contributed by atoms with E-state index in [1.165, 1.54) is 6.07 Å². The van der Waals surface area contributed by atoms with Gasteiger partial charge in [-0.1, -0.05) is 23.7 Å². The van der Waals surface area contributed by atoms with E-state index in [4.69, 9.17) is 16.3 Å². The number of aryl methyl sites for hydroxylation is 1. The predicted molar refractivity (Wildman–Crippen MR) is 136 cm³/mol. The minimum Gasteiger partial charge on any atom is -0.478 e. The Morgan fingerprint density at radius 1 is 1.14 bits per heavy atom. The lowest BCUT2D eigenvalue weighted by Gasteiger charge is -2.28. The van der Waals surface area contributed by atoms with Crippen LogP contribution < -0.4 is 15.5 Å². The van der Waals surface area contributed by atoms with Gasteiger partial charge in [0.2, 0.25) is 0 Å². The van der Waals surface area contributed by atoms with Crippen molar-refractivity contribution in [3.8, 4) is 0 Å². The zero-order chi connectivity index (χ0) is 25.8. The van der Waals surface area contributed by atoms with E-state index in [1.807, 2.05) is 0 Å². The Balaban J connectivity index is 1.55. The Hall–Kier alpha value is -3.73. The summed E-state index contributed by atoms with van der Waals surface area (Å²) in [5, 5.41) is 15.1. The minimum absolute atomic E-state index is 0.00644. The molecule has 1 aliphatic rings. The van der Waals surface area contributed by atoms with Crippen LogP contribution in [-0.4, -0.2) is 48.6 Å². The number of amides is 3. The summed E-state index contributed by atoms with van der Waals surface area (Å²) in [5.74, 6) is -2.27. The molecule has 0 atom stereocenters. The number of hydrogen-bond donors (Lipinski definition) is 3. The van der Waals surface area contributed by atoms with E-state index < -0.39 is 11.9 Å². The van der Waals surface area contributed by atoms with E-state index in [2.05, 4.69) is 10.6 Å². The summed E-state index contributed by atoms with van der Waals surface area (Å²) in [5.41, 5.74) is 2.09. The maximum absolute atomic E-state index is 13.1. The first-order chi connectivity index (χ1) is 17.2. The van der Waals surface area contributed by atoms with Crippen molar-refractivity contribution in [2.45, 2.75) is 13.5 Å². The topological polar surface area (TPSA) is 125 Å². The van der Waals surface area contributed by atoms with Crippen LogP contribution in [0.5, 0.6) is 0 Å². The molecule has 0 bridgehead atoms. The van der Waals surface area contributed by atoms with Gasteiger partial charge in [-0.15, -0.1) is 11.3 Å². The number of carbonyl (C=O) groups is 4. The molecule has 1 saturated heterocycles. The molecule has 9 nitrogen and oxygen atoms in total. The van der Waals surface area contributed by atoms with E-state index >= 15 is 0 Å². The molecule has 2 heterocycles. The summed E-state index contributed by atoms with van der Waals surface area (Å²) in [6.45, 7) is 2.63. The van der Waals surface area contributed by atoms with Crippen molar-refractivity contribution >= 4 is 58.0 Å². The Bertz CT molecular complexity index is 1360. The van der Waals surface area contributed by atoms with Crippen LogP contribution in [0.15, 0.2) is 48.5 Å². The number of nitrogens with zero attached hydrogens (tertiary/aromatic N) is 1. The minimum atomic E-state index is -1.22. The van der Waals surface area contributed by atoms with Crippen molar-refractivity contribution in [1.29, 1.82) is 0 Å². The molecule has 0 saturated carbocycles. The monoisotopic (exact) mass is 527 g/mol. The van der Waals surface area contributed by atoms with Gasteiger partial charge < -0.3 is 25.4 Å². The molecule has 0 radical (unpaired) electrons. The smallest absolute Gasteiger partial charge is 0.337 e. The van der Waals surface area contributed by atoms with Crippen molar-refractivity contribution in [1.82, 2.24) is 5.32 Å². The number of carbonyl (C=O) groups excluding carboxylic acids is 3. The lowest BCUT2D eigenvalue weighted by molar-refractivity contribution is -0.125. The second-order valence-corrected chi connectivity index (χ2v) is 9.70. The van der Waals surface area contributed by atoms with Crippen molar-refractivity contribution in [2.24, 2.45) is 0 Å². The number of rotatable bonds is 7. The zero-order valence-corrected chi connectivity index (χ0v) is 20.7. The molecule has 2 aromatic carbocycles. The van der Waals surface area contributed by atoms with E-state index in [0.717, 1.165) is 11.3 Å². The number of aromatic carboxylic acids is 1. The molecule has 3 N–H and O–H groups in total. The van der Waals surface area contributed by atoms with Gasteiger partial charge in [0.15, 0.2) is 0 Å². The van der Waals surface area contributed by atoms with Crippen molar-refractivity contribution in [3.63, 3.8) is 0 Å². The highest BCUT2D eigenvalue weighted by Crippen LogP contribution is 2.26. The zero-order valence-electron chi connectivity index (χ0n) is 19.2. The fourth-order valence-electron chi connectivity index (χ4n) is 3.83. The molecule has 3 aromatic rings. The molecule has 3 amide bonds. The molecule has 0 spiro atoms. The van der Waals surface area contributed by atoms with Crippen LogP contribution in [0.3, 0.4) is 0 Å². The first-order valence-electron chi connectivity index (χ1n) is 10.9. The molecule has 0 unspecified atom stereocenters. The van der Waals surface area contributed by atoms with Crippen LogP contribution >= 0.6 is 22.9 Å². The van der Waals surface area contributed by atoms with Crippen LogP contribution in [0, 0.1) is 6.92 Å². The van der Waals surface area contributed by atoms with Gasteiger partial charge >= 0.3 is 5.97 Å². The summed E-state index contributed by atoms with van der Waals surface area (Å²) >= 11 is 7.01. The number of para-hydroxylation sites is 1. The molecular formula is C25H22ClN3O6S. The molecule has 1 aliphatic heterocycles. The number of halogens is 1. The quantitative estimate of drug-likeness (QED) is 0.427. The summed E-state index contributed by atoms with van der Waals surface area (Å²) in [4.78, 5) is 51.6. The average Bonchev–Trinajstić information content (AvgIpc) is 3.29. The fraction of sp³-hybridized carbons (Fsp3) is 0.200. The highest BCUT2D eigenvalue weighted by molar-refractivity contribution is 7.18. The van der Waals surface area contributed by atoms with Crippen molar-refractivity contribution in [2.75, 3.05) is 30.0 Å².